The third kappa shape index (κ3) is 2.94. The zero-order chi connectivity index (χ0) is 27.7. The number of pyridine rings is 2. The first kappa shape index (κ1) is 23.4. The molecule has 0 amide bonds. The van der Waals surface area contributed by atoms with E-state index in [1.165, 1.54) is 59.1 Å². The molecule has 0 spiro atoms. The van der Waals surface area contributed by atoms with Crippen LogP contribution in [0.5, 0.6) is 0 Å². The molecule has 3 aromatic heterocycles. The lowest BCUT2D eigenvalue weighted by atomic mass is 9.98. The highest BCUT2D eigenvalue weighted by molar-refractivity contribution is 7.23. The van der Waals surface area contributed by atoms with Crippen molar-refractivity contribution in [3.8, 4) is 16.8 Å². The Morgan fingerprint density at radius 1 is 0.548 bits per heavy atom. The Kier molecular flexibility index (Phi) is 4.92. The standard InChI is InChI=1S/C38H25N3Si/c1-3-12-27(13-4-1)42(28-14-5-2-6-15-28)33-20-10-8-17-30(33)35-37-34(31-18-11-23-40-36(31)38(35)42)29-16-7-9-19-32(29)41(37)26-21-24-39-25-22-26/h1-25H. The van der Waals surface area contributed by atoms with Crippen LogP contribution in [0.1, 0.15) is 0 Å². The molecule has 8 aromatic rings. The van der Waals surface area contributed by atoms with E-state index in [-0.39, 0.29) is 0 Å². The summed E-state index contributed by atoms with van der Waals surface area (Å²) in [5.41, 5.74) is 7.26. The number of hydrogen-bond acceptors (Lipinski definition) is 2. The fourth-order valence-electron chi connectivity index (χ4n) is 7.49. The SMILES string of the molecule is c1ccc([Si]2(c3ccccc3)c3ccccc3-c3c2c2ncccc2c2c4ccccc4n(-c4ccncc4)c32)cc1. The lowest BCUT2D eigenvalue weighted by Gasteiger charge is -2.32. The number of aromatic nitrogens is 3. The Morgan fingerprint density at radius 2 is 1.19 bits per heavy atom. The molecule has 4 heteroatoms. The summed E-state index contributed by atoms with van der Waals surface area (Å²) in [5, 5.41) is 9.24. The minimum atomic E-state index is -2.77. The van der Waals surface area contributed by atoms with Gasteiger partial charge in [0.05, 0.1) is 16.6 Å². The quantitative estimate of drug-likeness (QED) is 0.249. The highest BCUT2D eigenvalue weighted by Gasteiger charge is 2.51. The van der Waals surface area contributed by atoms with Crippen LogP contribution in [0.2, 0.25) is 0 Å². The maximum atomic E-state index is 5.24. The van der Waals surface area contributed by atoms with Crippen molar-refractivity contribution in [2.24, 2.45) is 0 Å². The number of hydrogen-bond donors (Lipinski definition) is 0. The Labute approximate surface area is 244 Å². The van der Waals surface area contributed by atoms with Gasteiger partial charge in [0.1, 0.15) is 0 Å². The summed E-state index contributed by atoms with van der Waals surface area (Å²) in [7, 11) is -2.77. The smallest absolute Gasteiger partial charge is 0.183 e. The maximum Gasteiger partial charge on any atom is 0.183 e. The molecule has 0 unspecified atom stereocenters. The van der Waals surface area contributed by atoms with E-state index in [9.17, 15) is 0 Å². The minimum absolute atomic E-state index is 1.10. The first-order valence-corrected chi connectivity index (χ1v) is 16.3. The highest BCUT2D eigenvalue weighted by atomic mass is 28.3. The van der Waals surface area contributed by atoms with Gasteiger partial charge in [0.25, 0.3) is 0 Å². The molecule has 0 atom stereocenters. The van der Waals surface area contributed by atoms with E-state index in [1.807, 2.05) is 18.6 Å². The number of fused-ring (bicyclic) bond motifs is 10. The molecule has 0 saturated carbocycles. The summed E-state index contributed by atoms with van der Waals surface area (Å²) in [6, 6.07) is 48.8. The first-order valence-electron chi connectivity index (χ1n) is 14.3. The molecular weight excluding hydrogens is 527 g/mol. The van der Waals surface area contributed by atoms with E-state index in [4.69, 9.17) is 4.98 Å². The van der Waals surface area contributed by atoms with Crippen LogP contribution in [0.15, 0.2) is 152 Å². The summed E-state index contributed by atoms with van der Waals surface area (Å²) >= 11 is 0. The summed E-state index contributed by atoms with van der Waals surface area (Å²) in [6.45, 7) is 0. The first-order chi connectivity index (χ1) is 20.9. The van der Waals surface area contributed by atoms with Gasteiger partial charge in [0.2, 0.25) is 0 Å². The number of benzene rings is 5. The molecule has 0 N–H and O–H groups in total. The number of para-hydroxylation sites is 1. The summed E-state index contributed by atoms with van der Waals surface area (Å²) in [4.78, 5) is 9.60. The molecule has 1 aliphatic heterocycles. The van der Waals surface area contributed by atoms with Crippen molar-refractivity contribution < 1.29 is 0 Å². The van der Waals surface area contributed by atoms with Crippen LogP contribution in [0.4, 0.5) is 0 Å². The zero-order valence-electron chi connectivity index (χ0n) is 22.8. The van der Waals surface area contributed by atoms with Gasteiger partial charge in [-0.05, 0) is 50.6 Å². The Balaban J connectivity index is 1.63. The fourth-order valence-corrected chi connectivity index (χ4v) is 12.8. The molecule has 1 aliphatic rings. The van der Waals surface area contributed by atoms with Crippen molar-refractivity contribution in [2.75, 3.05) is 0 Å². The molecule has 5 aromatic carbocycles. The van der Waals surface area contributed by atoms with Crippen LogP contribution >= 0.6 is 0 Å². The number of rotatable bonds is 3. The van der Waals surface area contributed by atoms with Crippen LogP contribution < -0.4 is 20.7 Å². The predicted octanol–water partition coefficient (Wildman–Crippen LogP) is 6.08. The van der Waals surface area contributed by atoms with Gasteiger partial charge in [-0.25, -0.2) is 0 Å². The number of nitrogens with zero attached hydrogens (tertiary/aromatic N) is 3. The lowest BCUT2D eigenvalue weighted by molar-refractivity contribution is 1.16. The van der Waals surface area contributed by atoms with Crippen molar-refractivity contribution in [2.45, 2.75) is 0 Å². The van der Waals surface area contributed by atoms with Crippen LogP contribution in [0, 0.1) is 0 Å². The van der Waals surface area contributed by atoms with Crippen molar-refractivity contribution in [1.29, 1.82) is 0 Å². The van der Waals surface area contributed by atoms with E-state index in [2.05, 4.69) is 143 Å². The second-order valence-electron chi connectivity index (χ2n) is 11.0. The second kappa shape index (κ2) is 8.84. The van der Waals surface area contributed by atoms with E-state index in [0.29, 0.717) is 0 Å². The van der Waals surface area contributed by atoms with Gasteiger partial charge in [0.15, 0.2) is 8.07 Å². The van der Waals surface area contributed by atoms with Crippen molar-refractivity contribution in [3.05, 3.63) is 152 Å². The average Bonchev–Trinajstić information content (AvgIpc) is 3.58. The summed E-state index contributed by atoms with van der Waals surface area (Å²) in [6.07, 6.45) is 5.74. The van der Waals surface area contributed by atoms with E-state index < -0.39 is 8.07 Å². The molecule has 0 fully saturated rings. The highest BCUT2D eigenvalue weighted by Crippen LogP contribution is 2.44. The van der Waals surface area contributed by atoms with Crippen molar-refractivity contribution in [1.82, 2.24) is 14.5 Å². The van der Waals surface area contributed by atoms with Gasteiger partial charge in [-0.15, -0.1) is 0 Å². The fraction of sp³-hybridized carbons (Fsp3) is 0. The third-order valence-electron chi connectivity index (χ3n) is 8.99. The largest absolute Gasteiger partial charge is 0.308 e. The second-order valence-corrected chi connectivity index (χ2v) is 14.7. The molecule has 0 bridgehead atoms. The average molecular weight is 552 g/mol. The molecule has 9 rings (SSSR count). The predicted molar refractivity (Wildman–Crippen MR) is 176 cm³/mol. The third-order valence-corrected chi connectivity index (χ3v) is 13.9. The van der Waals surface area contributed by atoms with E-state index >= 15 is 0 Å². The molecule has 196 valence electrons. The zero-order valence-corrected chi connectivity index (χ0v) is 23.8. The summed E-state index contributed by atoms with van der Waals surface area (Å²) in [5.74, 6) is 0. The Morgan fingerprint density at radius 3 is 1.95 bits per heavy atom. The van der Waals surface area contributed by atoms with Crippen molar-refractivity contribution in [3.63, 3.8) is 0 Å². The van der Waals surface area contributed by atoms with Crippen LogP contribution in [-0.2, 0) is 0 Å². The summed E-state index contributed by atoms with van der Waals surface area (Å²) < 4.78 is 2.45. The maximum absolute atomic E-state index is 5.24. The molecule has 0 aliphatic carbocycles. The molecular formula is C38H25N3Si. The molecule has 3 nitrogen and oxygen atoms in total. The lowest BCUT2D eigenvalue weighted by Crippen LogP contribution is -2.73. The topological polar surface area (TPSA) is 30.7 Å². The van der Waals surface area contributed by atoms with Gasteiger partial charge in [-0.2, -0.15) is 0 Å². The van der Waals surface area contributed by atoms with Gasteiger partial charge in [0, 0.05) is 46.0 Å². The van der Waals surface area contributed by atoms with E-state index in [1.54, 1.807) is 0 Å². The van der Waals surface area contributed by atoms with Crippen LogP contribution in [0.25, 0.3) is 49.5 Å². The molecule has 0 radical (unpaired) electrons. The van der Waals surface area contributed by atoms with E-state index in [0.717, 1.165) is 11.2 Å². The molecule has 42 heavy (non-hydrogen) atoms. The Bertz CT molecular complexity index is 2250. The van der Waals surface area contributed by atoms with Crippen molar-refractivity contribution >= 4 is 61.5 Å². The van der Waals surface area contributed by atoms with Gasteiger partial charge in [-0.1, -0.05) is 109 Å². The van der Waals surface area contributed by atoms with Crippen LogP contribution in [-0.4, -0.2) is 22.6 Å². The van der Waals surface area contributed by atoms with Crippen LogP contribution in [0.3, 0.4) is 0 Å². The van der Waals surface area contributed by atoms with Gasteiger partial charge < -0.3 is 4.57 Å². The molecule has 4 heterocycles. The molecule has 0 saturated heterocycles. The van der Waals surface area contributed by atoms with Gasteiger partial charge in [-0.3, -0.25) is 9.97 Å². The minimum Gasteiger partial charge on any atom is -0.308 e. The van der Waals surface area contributed by atoms with Gasteiger partial charge >= 0.3 is 0 Å². The Hall–Kier alpha value is -5.32. The monoisotopic (exact) mass is 551 g/mol. The normalized spacial score (nSPS) is 13.4.